The Morgan fingerprint density at radius 3 is 2.45 bits per heavy atom. The fraction of sp³-hybridized carbons (Fsp3) is 0.562. The molecule has 3 nitrogen and oxygen atoms in total. The maximum absolute atomic E-state index is 5.29. The number of hydrogen-bond donors (Lipinski definition) is 2. The van der Waals surface area contributed by atoms with E-state index in [0.717, 1.165) is 18.7 Å². The van der Waals surface area contributed by atoms with Gasteiger partial charge in [0, 0.05) is 12.2 Å². The number of para-hydroxylation sites is 1. The molecule has 110 valence electrons. The van der Waals surface area contributed by atoms with E-state index < -0.39 is 0 Å². The van der Waals surface area contributed by atoms with Crippen LogP contribution < -0.4 is 10.6 Å². The van der Waals surface area contributed by atoms with Crippen LogP contribution in [0.4, 0.5) is 5.69 Å². The summed E-state index contributed by atoms with van der Waals surface area (Å²) in [6, 6.07) is 10.0. The van der Waals surface area contributed by atoms with E-state index in [4.69, 9.17) is 12.2 Å². The summed E-state index contributed by atoms with van der Waals surface area (Å²) in [4.78, 5) is 2.59. The molecule has 0 amide bonds. The van der Waals surface area contributed by atoms with E-state index in [1.807, 2.05) is 30.3 Å². The molecule has 1 aromatic carbocycles. The number of anilines is 1. The number of benzene rings is 1. The van der Waals surface area contributed by atoms with Gasteiger partial charge in [0.1, 0.15) is 0 Å². The van der Waals surface area contributed by atoms with Gasteiger partial charge in [0.25, 0.3) is 0 Å². The molecule has 0 spiro atoms. The van der Waals surface area contributed by atoms with Gasteiger partial charge in [-0.25, -0.2) is 0 Å². The lowest BCUT2D eigenvalue weighted by atomic mass is 10.2. The van der Waals surface area contributed by atoms with Crippen LogP contribution in [-0.2, 0) is 0 Å². The van der Waals surface area contributed by atoms with Crippen LogP contribution in [-0.4, -0.2) is 36.2 Å². The number of likely N-dealkylation sites (tertiary alicyclic amines) is 1. The van der Waals surface area contributed by atoms with Crippen molar-refractivity contribution in [1.82, 2.24) is 10.2 Å². The van der Waals surface area contributed by atoms with Crippen LogP contribution in [0.5, 0.6) is 0 Å². The third kappa shape index (κ3) is 5.88. The smallest absolute Gasteiger partial charge is 0.170 e. The molecule has 1 aliphatic heterocycles. The summed E-state index contributed by atoms with van der Waals surface area (Å²) in [6.45, 7) is 4.66. The molecule has 2 N–H and O–H groups in total. The number of nitrogens with one attached hydrogen (secondary N) is 2. The largest absolute Gasteiger partial charge is 0.362 e. The zero-order valence-corrected chi connectivity index (χ0v) is 12.9. The van der Waals surface area contributed by atoms with Crippen molar-refractivity contribution < 1.29 is 0 Å². The van der Waals surface area contributed by atoms with Crippen LogP contribution in [0.25, 0.3) is 0 Å². The van der Waals surface area contributed by atoms with Crippen LogP contribution >= 0.6 is 12.2 Å². The van der Waals surface area contributed by atoms with Gasteiger partial charge in [-0.2, -0.15) is 0 Å². The van der Waals surface area contributed by atoms with Gasteiger partial charge in [-0.15, -0.1) is 0 Å². The Kier molecular flexibility index (Phi) is 6.81. The topological polar surface area (TPSA) is 27.3 Å². The second-order valence-corrected chi connectivity index (χ2v) is 5.76. The van der Waals surface area contributed by atoms with Gasteiger partial charge in [-0.3, -0.25) is 0 Å². The first kappa shape index (κ1) is 15.3. The first-order chi connectivity index (χ1) is 9.84. The van der Waals surface area contributed by atoms with Crippen LogP contribution in [0, 0.1) is 0 Å². The van der Waals surface area contributed by atoms with Crippen LogP contribution in [0.2, 0.25) is 0 Å². The molecule has 2 rings (SSSR count). The standard InChI is InChI=1S/C16H25N3S/c20-16(18-15-9-4-3-5-10-15)17-11-8-14-19-12-6-1-2-7-13-19/h3-5,9-10H,1-2,6-8,11-14H2,(H2,17,18,20). The molecule has 1 fully saturated rings. The molecule has 0 atom stereocenters. The lowest BCUT2D eigenvalue weighted by Crippen LogP contribution is -2.32. The maximum atomic E-state index is 5.29. The Morgan fingerprint density at radius 1 is 1.05 bits per heavy atom. The van der Waals surface area contributed by atoms with Crippen molar-refractivity contribution in [2.45, 2.75) is 32.1 Å². The molecule has 1 saturated heterocycles. The molecule has 20 heavy (non-hydrogen) atoms. The molecule has 0 unspecified atom stereocenters. The minimum absolute atomic E-state index is 0.715. The van der Waals surface area contributed by atoms with E-state index in [1.54, 1.807) is 0 Å². The van der Waals surface area contributed by atoms with Crippen LogP contribution in [0.1, 0.15) is 32.1 Å². The van der Waals surface area contributed by atoms with Crippen molar-refractivity contribution in [2.75, 3.05) is 31.5 Å². The highest BCUT2D eigenvalue weighted by atomic mass is 32.1. The maximum Gasteiger partial charge on any atom is 0.170 e. The number of nitrogens with zero attached hydrogens (tertiary/aromatic N) is 1. The average Bonchev–Trinajstić information content (AvgIpc) is 2.73. The zero-order chi connectivity index (χ0) is 14.0. The molecule has 0 radical (unpaired) electrons. The SMILES string of the molecule is S=C(NCCCN1CCCCCC1)Nc1ccccc1. The Bertz CT molecular complexity index is 386. The first-order valence-electron chi connectivity index (χ1n) is 7.67. The molecule has 0 aliphatic carbocycles. The van der Waals surface area contributed by atoms with E-state index in [2.05, 4.69) is 15.5 Å². The molecular weight excluding hydrogens is 266 g/mol. The van der Waals surface area contributed by atoms with Gasteiger partial charge in [-0.05, 0) is 63.2 Å². The summed E-state index contributed by atoms with van der Waals surface area (Å²) in [5, 5.41) is 7.19. The Labute approximate surface area is 127 Å². The molecule has 1 heterocycles. The molecule has 0 aromatic heterocycles. The zero-order valence-electron chi connectivity index (χ0n) is 12.1. The normalized spacial score (nSPS) is 16.4. The van der Waals surface area contributed by atoms with Crippen molar-refractivity contribution in [1.29, 1.82) is 0 Å². The highest BCUT2D eigenvalue weighted by Crippen LogP contribution is 2.09. The van der Waals surface area contributed by atoms with Crippen LogP contribution in [0.15, 0.2) is 30.3 Å². The minimum atomic E-state index is 0.715. The molecule has 0 saturated carbocycles. The number of rotatable bonds is 5. The summed E-state index contributed by atoms with van der Waals surface area (Å²) in [5.74, 6) is 0. The molecule has 0 bridgehead atoms. The highest BCUT2D eigenvalue weighted by molar-refractivity contribution is 7.80. The molecule has 4 heteroatoms. The third-order valence-corrected chi connectivity index (χ3v) is 3.91. The average molecular weight is 291 g/mol. The summed E-state index contributed by atoms with van der Waals surface area (Å²) in [5.41, 5.74) is 1.04. The van der Waals surface area contributed by atoms with E-state index in [0.29, 0.717) is 5.11 Å². The molecule has 1 aromatic rings. The third-order valence-electron chi connectivity index (χ3n) is 3.67. The van der Waals surface area contributed by atoms with E-state index in [1.165, 1.54) is 45.3 Å². The Hall–Kier alpha value is -1.13. The van der Waals surface area contributed by atoms with Gasteiger partial charge < -0.3 is 15.5 Å². The lowest BCUT2D eigenvalue weighted by Gasteiger charge is -2.19. The lowest BCUT2D eigenvalue weighted by molar-refractivity contribution is 0.282. The van der Waals surface area contributed by atoms with Gasteiger partial charge >= 0.3 is 0 Å². The van der Waals surface area contributed by atoms with Crippen molar-refractivity contribution >= 4 is 23.0 Å². The van der Waals surface area contributed by atoms with Gasteiger partial charge in [-0.1, -0.05) is 31.0 Å². The fourth-order valence-corrected chi connectivity index (χ4v) is 2.78. The quantitative estimate of drug-likeness (QED) is 0.643. The predicted octanol–water partition coefficient (Wildman–Crippen LogP) is 3.24. The van der Waals surface area contributed by atoms with Gasteiger partial charge in [0.15, 0.2) is 5.11 Å². The van der Waals surface area contributed by atoms with Crippen molar-refractivity contribution in [2.24, 2.45) is 0 Å². The highest BCUT2D eigenvalue weighted by Gasteiger charge is 2.07. The second kappa shape index (κ2) is 8.93. The monoisotopic (exact) mass is 291 g/mol. The summed E-state index contributed by atoms with van der Waals surface area (Å²) < 4.78 is 0. The summed E-state index contributed by atoms with van der Waals surface area (Å²) in [6.07, 6.45) is 6.68. The second-order valence-electron chi connectivity index (χ2n) is 5.36. The Morgan fingerprint density at radius 2 is 1.75 bits per heavy atom. The van der Waals surface area contributed by atoms with Crippen LogP contribution in [0.3, 0.4) is 0 Å². The first-order valence-corrected chi connectivity index (χ1v) is 8.08. The number of thiocarbonyl (C=S) groups is 1. The summed E-state index contributed by atoms with van der Waals surface area (Å²) in [7, 11) is 0. The Balaban J connectivity index is 1.57. The van der Waals surface area contributed by atoms with E-state index >= 15 is 0 Å². The number of hydrogen-bond acceptors (Lipinski definition) is 2. The van der Waals surface area contributed by atoms with Crippen molar-refractivity contribution in [3.8, 4) is 0 Å². The van der Waals surface area contributed by atoms with Crippen molar-refractivity contribution in [3.63, 3.8) is 0 Å². The molecular formula is C16H25N3S. The fourth-order valence-electron chi connectivity index (χ4n) is 2.56. The van der Waals surface area contributed by atoms with Crippen molar-refractivity contribution in [3.05, 3.63) is 30.3 Å². The van der Waals surface area contributed by atoms with E-state index in [9.17, 15) is 0 Å². The van der Waals surface area contributed by atoms with Gasteiger partial charge in [0.05, 0.1) is 0 Å². The predicted molar refractivity (Wildman–Crippen MR) is 90.2 cm³/mol. The van der Waals surface area contributed by atoms with E-state index in [-0.39, 0.29) is 0 Å². The minimum Gasteiger partial charge on any atom is -0.362 e. The molecule has 1 aliphatic rings. The van der Waals surface area contributed by atoms with Gasteiger partial charge in [0.2, 0.25) is 0 Å². The summed E-state index contributed by atoms with van der Waals surface area (Å²) >= 11 is 5.29.